The summed E-state index contributed by atoms with van der Waals surface area (Å²) in [5, 5.41) is 0. The highest BCUT2D eigenvalue weighted by Gasteiger charge is 2.28. The summed E-state index contributed by atoms with van der Waals surface area (Å²) in [6, 6.07) is 10.4. The highest BCUT2D eigenvalue weighted by atomic mass is 16.5. The Hall–Kier alpha value is -1.65. The molecule has 1 atom stereocenters. The third-order valence-electron chi connectivity index (χ3n) is 4.67. The molecular weight excluding hydrogens is 288 g/mol. The maximum Gasteiger partial charge on any atom is 0.228 e. The van der Waals surface area contributed by atoms with Crippen molar-refractivity contribution in [2.75, 3.05) is 45.9 Å². The smallest absolute Gasteiger partial charge is 0.228 e. The lowest BCUT2D eigenvalue weighted by atomic mass is 10.0. The van der Waals surface area contributed by atoms with Crippen molar-refractivity contribution >= 4 is 12.0 Å². The van der Waals surface area contributed by atoms with Crippen LogP contribution in [0.15, 0.2) is 36.4 Å². The van der Waals surface area contributed by atoms with E-state index >= 15 is 0 Å². The molecule has 2 aliphatic rings. The third kappa shape index (κ3) is 4.66. The van der Waals surface area contributed by atoms with Crippen LogP contribution in [0.1, 0.15) is 18.4 Å². The minimum absolute atomic E-state index is 0.0910. The molecule has 1 aromatic carbocycles. The summed E-state index contributed by atoms with van der Waals surface area (Å²) in [6.45, 7) is 5.97. The fourth-order valence-electron chi connectivity index (χ4n) is 3.25. The molecule has 4 heteroatoms. The van der Waals surface area contributed by atoms with E-state index in [1.165, 1.54) is 5.56 Å². The van der Waals surface area contributed by atoms with Crippen LogP contribution >= 0.6 is 0 Å². The van der Waals surface area contributed by atoms with Crippen molar-refractivity contribution in [3.63, 3.8) is 0 Å². The van der Waals surface area contributed by atoms with Gasteiger partial charge in [0.2, 0.25) is 5.91 Å². The average Bonchev–Trinajstić information content (AvgIpc) is 2.63. The quantitative estimate of drug-likeness (QED) is 0.855. The summed E-state index contributed by atoms with van der Waals surface area (Å²) < 4.78 is 5.44. The predicted octanol–water partition coefficient (Wildman–Crippen LogP) is 2.27. The monoisotopic (exact) mass is 314 g/mol. The first-order chi connectivity index (χ1) is 11.3. The molecule has 0 N–H and O–H groups in total. The Morgan fingerprint density at radius 3 is 2.65 bits per heavy atom. The second-order valence-electron chi connectivity index (χ2n) is 6.35. The summed E-state index contributed by atoms with van der Waals surface area (Å²) in [7, 11) is 0. The molecule has 124 valence electrons. The SMILES string of the molecule is O=C(C1CCCOC1)N1CCN(C/C=C/c2ccccc2)CC1. The molecule has 0 bridgehead atoms. The van der Waals surface area contributed by atoms with Crippen LogP contribution < -0.4 is 0 Å². The van der Waals surface area contributed by atoms with E-state index in [9.17, 15) is 4.79 Å². The molecule has 23 heavy (non-hydrogen) atoms. The third-order valence-corrected chi connectivity index (χ3v) is 4.67. The van der Waals surface area contributed by atoms with Crippen molar-refractivity contribution in [2.24, 2.45) is 5.92 Å². The maximum atomic E-state index is 12.5. The van der Waals surface area contributed by atoms with E-state index in [4.69, 9.17) is 4.74 Å². The topological polar surface area (TPSA) is 32.8 Å². The summed E-state index contributed by atoms with van der Waals surface area (Å²) in [5.74, 6) is 0.387. The number of hydrogen-bond donors (Lipinski definition) is 0. The van der Waals surface area contributed by atoms with E-state index in [2.05, 4.69) is 41.3 Å². The maximum absolute atomic E-state index is 12.5. The van der Waals surface area contributed by atoms with Gasteiger partial charge in [-0.1, -0.05) is 42.5 Å². The fourth-order valence-corrected chi connectivity index (χ4v) is 3.25. The molecule has 2 heterocycles. The van der Waals surface area contributed by atoms with Gasteiger partial charge < -0.3 is 9.64 Å². The highest BCUT2D eigenvalue weighted by Crippen LogP contribution is 2.17. The van der Waals surface area contributed by atoms with Crippen molar-refractivity contribution in [1.29, 1.82) is 0 Å². The summed E-state index contributed by atoms with van der Waals surface area (Å²) in [6.07, 6.45) is 6.37. The van der Waals surface area contributed by atoms with Gasteiger partial charge in [0.25, 0.3) is 0 Å². The first-order valence-corrected chi connectivity index (χ1v) is 8.63. The molecule has 0 spiro atoms. The van der Waals surface area contributed by atoms with Gasteiger partial charge in [-0.25, -0.2) is 0 Å². The number of ether oxygens (including phenoxy) is 1. The number of rotatable bonds is 4. The van der Waals surface area contributed by atoms with Gasteiger partial charge in [-0.3, -0.25) is 9.69 Å². The Labute approximate surface area is 138 Å². The van der Waals surface area contributed by atoms with E-state index in [0.29, 0.717) is 12.5 Å². The Kier molecular flexibility index (Phi) is 5.83. The average molecular weight is 314 g/mol. The number of hydrogen-bond acceptors (Lipinski definition) is 3. The normalized spacial score (nSPS) is 23.3. The van der Waals surface area contributed by atoms with Gasteiger partial charge in [0.15, 0.2) is 0 Å². The lowest BCUT2D eigenvalue weighted by molar-refractivity contribution is -0.141. The van der Waals surface area contributed by atoms with E-state index in [1.807, 2.05) is 11.0 Å². The van der Waals surface area contributed by atoms with Crippen LogP contribution in [0, 0.1) is 5.92 Å². The predicted molar refractivity (Wildman–Crippen MR) is 92.0 cm³/mol. The molecule has 3 rings (SSSR count). The van der Waals surface area contributed by atoms with Crippen molar-refractivity contribution in [2.45, 2.75) is 12.8 Å². The number of carbonyl (C=O) groups is 1. The van der Waals surface area contributed by atoms with Gasteiger partial charge in [-0.15, -0.1) is 0 Å². The van der Waals surface area contributed by atoms with Gasteiger partial charge in [-0.05, 0) is 18.4 Å². The first-order valence-electron chi connectivity index (χ1n) is 8.63. The minimum Gasteiger partial charge on any atom is -0.381 e. The molecule has 4 nitrogen and oxygen atoms in total. The summed E-state index contributed by atoms with van der Waals surface area (Å²) in [5.41, 5.74) is 1.23. The van der Waals surface area contributed by atoms with Crippen molar-refractivity contribution < 1.29 is 9.53 Å². The van der Waals surface area contributed by atoms with Crippen molar-refractivity contribution in [3.05, 3.63) is 42.0 Å². The molecule has 0 saturated carbocycles. The molecule has 2 aliphatic heterocycles. The second-order valence-corrected chi connectivity index (χ2v) is 6.35. The second kappa shape index (κ2) is 8.27. The van der Waals surface area contributed by atoms with Crippen LogP contribution in [0.5, 0.6) is 0 Å². The van der Waals surface area contributed by atoms with Crippen LogP contribution in [0.2, 0.25) is 0 Å². The van der Waals surface area contributed by atoms with Crippen LogP contribution in [0.3, 0.4) is 0 Å². The number of amides is 1. The lowest BCUT2D eigenvalue weighted by Crippen LogP contribution is -2.51. The van der Waals surface area contributed by atoms with Crippen molar-refractivity contribution in [3.8, 4) is 0 Å². The molecular formula is C19H26N2O2. The lowest BCUT2D eigenvalue weighted by Gasteiger charge is -2.36. The van der Waals surface area contributed by atoms with Crippen LogP contribution in [0.4, 0.5) is 0 Å². The molecule has 0 aliphatic carbocycles. The molecule has 0 radical (unpaired) electrons. The molecule has 1 aromatic rings. The standard InChI is InChI=1S/C19H26N2O2/c22-19(18-9-5-15-23-16-18)21-13-11-20(12-14-21)10-4-8-17-6-2-1-3-7-17/h1-4,6-8,18H,5,9-16H2/b8-4+. The zero-order chi connectivity index (χ0) is 15.9. The van der Waals surface area contributed by atoms with E-state index in [-0.39, 0.29) is 5.92 Å². The minimum atomic E-state index is 0.0910. The van der Waals surface area contributed by atoms with E-state index in [0.717, 1.165) is 52.2 Å². The van der Waals surface area contributed by atoms with Gasteiger partial charge in [0.1, 0.15) is 0 Å². The first kappa shape index (κ1) is 16.2. The van der Waals surface area contributed by atoms with Crippen LogP contribution in [0.25, 0.3) is 6.08 Å². The van der Waals surface area contributed by atoms with E-state index in [1.54, 1.807) is 0 Å². The number of nitrogens with zero attached hydrogens (tertiary/aromatic N) is 2. The number of carbonyl (C=O) groups excluding carboxylic acids is 1. The Morgan fingerprint density at radius 1 is 1.17 bits per heavy atom. The highest BCUT2D eigenvalue weighted by molar-refractivity contribution is 5.79. The Balaban J connectivity index is 1.41. The van der Waals surface area contributed by atoms with Gasteiger partial charge in [0.05, 0.1) is 12.5 Å². The summed E-state index contributed by atoms with van der Waals surface area (Å²) >= 11 is 0. The number of piperazine rings is 1. The zero-order valence-corrected chi connectivity index (χ0v) is 13.7. The fraction of sp³-hybridized carbons (Fsp3) is 0.526. The molecule has 2 fully saturated rings. The van der Waals surface area contributed by atoms with E-state index < -0.39 is 0 Å². The van der Waals surface area contributed by atoms with Gasteiger partial charge >= 0.3 is 0 Å². The van der Waals surface area contributed by atoms with Crippen LogP contribution in [-0.2, 0) is 9.53 Å². The van der Waals surface area contributed by atoms with Gasteiger partial charge in [-0.2, -0.15) is 0 Å². The Morgan fingerprint density at radius 2 is 1.96 bits per heavy atom. The molecule has 2 saturated heterocycles. The Bertz CT molecular complexity index is 515. The van der Waals surface area contributed by atoms with Crippen LogP contribution in [-0.4, -0.2) is 61.6 Å². The molecule has 1 amide bonds. The molecule has 0 aromatic heterocycles. The summed E-state index contributed by atoms with van der Waals surface area (Å²) in [4.78, 5) is 16.9. The largest absolute Gasteiger partial charge is 0.381 e. The molecule has 1 unspecified atom stereocenters. The van der Waals surface area contributed by atoms with Gasteiger partial charge in [0, 0.05) is 39.3 Å². The number of benzene rings is 1. The van der Waals surface area contributed by atoms with Crippen molar-refractivity contribution in [1.82, 2.24) is 9.80 Å². The zero-order valence-electron chi connectivity index (χ0n) is 13.7.